The number of aliphatic hydroxyl groups is 1. The molecule has 98 valence electrons. The standard InChI is InChI=1S/C9H17N3O5/c1-5(2)12(3-7(10)14)9(17)11-6(4-13)8(15)16/h5-6,13H,3-4H2,1-2H3,(H2,10,14)(H,11,17)(H,15,16)/t6-/m0/s1. The number of carboxylic acid groups (broad SMARTS) is 1. The Labute approximate surface area is 98.4 Å². The normalized spacial score (nSPS) is 12.0. The molecule has 0 radical (unpaired) electrons. The minimum absolute atomic E-state index is 0.318. The van der Waals surface area contributed by atoms with Crippen molar-refractivity contribution in [2.24, 2.45) is 5.73 Å². The van der Waals surface area contributed by atoms with Crippen molar-refractivity contribution in [3.05, 3.63) is 0 Å². The molecule has 0 aromatic carbocycles. The van der Waals surface area contributed by atoms with Gasteiger partial charge in [-0.3, -0.25) is 4.79 Å². The predicted octanol–water partition coefficient (Wildman–Crippen LogP) is -1.66. The van der Waals surface area contributed by atoms with Crippen LogP contribution in [-0.2, 0) is 9.59 Å². The number of rotatable bonds is 6. The second-order valence-corrected chi connectivity index (χ2v) is 3.71. The van der Waals surface area contributed by atoms with Gasteiger partial charge in [0.1, 0.15) is 6.54 Å². The second-order valence-electron chi connectivity index (χ2n) is 3.71. The third-order valence-corrected chi connectivity index (χ3v) is 1.99. The molecule has 0 aromatic rings. The van der Waals surface area contributed by atoms with Crippen molar-refractivity contribution < 1.29 is 24.6 Å². The molecule has 0 rings (SSSR count). The van der Waals surface area contributed by atoms with Crippen molar-refractivity contribution in [1.29, 1.82) is 0 Å². The predicted molar refractivity (Wildman–Crippen MR) is 58.1 cm³/mol. The highest BCUT2D eigenvalue weighted by atomic mass is 16.4. The number of nitrogens with one attached hydrogen (secondary N) is 1. The van der Waals surface area contributed by atoms with Crippen molar-refractivity contribution in [2.45, 2.75) is 25.9 Å². The van der Waals surface area contributed by atoms with E-state index in [-0.39, 0.29) is 12.6 Å². The lowest BCUT2D eigenvalue weighted by Gasteiger charge is -2.26. The number of nitrogens with zero attached hydrogens (tertiary/aromatic N) is 1. The van der Waals surface area contributed by atoms with Gasteiger partial charge in [-0.05, 0) is 13.8 Å². The molecule has 0 aromatic heterocycles. The van der Waals surface area contributed by atoms with Crippen molar-refractivity contribution >= 4 is 17.9 Å². The molecule has 0 aliphatic carbocycles. The number of amides is 3. The smallest absolute Gasteiger partial charge is 0.328 e. The lowest BCUT2D eigenvalue weighted by Crippen LogP contribution is -2.53. The summed E-state index contributed by atoms with van der Waals surface area (Å²) in [5.41, 5.74) is 4.97. The molecule has 0 spiro atoms. The van der Waals surface area contributed by atoms with Gasteiger partial charge in [-0.25, -0.2) is 9.59 Å². The number of carboxylic acids is 1. The van der Waals surface area contributed by atoms with Crippen LogP contribution < -0.4 is 11.1 Å². The van der Waals surface area contributed by atoms with E-state index in [0.717, 1.165) is 4.90 Å². The van der Waals surface area contributed by atoms with Gasteiger partial charge in [0.05, 0.1) is 6.61 Å². The summed E-state index contributed by atoms with van der Waals surface area (Å²) in [5.74, 6) is -2.06. The zero-order chi connectivity index (χ0) is 13.6. The van der Waals surface area contributed by atoms with Crippen LogP contribution in [0.3, 0.4) is 0 Å². The molecule has 0 fully saturated rings. The Morgan fingerprint density at radius 2 is 1.88 bits per heavy atom. The number of aliphatic carboxylic acids is 1. The second kappa shape index (κ2) is 6.69. The zero-order valence-electron chi connectivity index (χ0n) is 9.71. The van der Waals surface area contributed by atoms with Gasteiger partial charge < -0.3 is 26.2 Å². The summed E-state index contributed by atoms with van der Waals surface area (Å²) in [4.78, 5) is 34.0. The Balaban J connectivity index is 4.62. The van der Waals surface area contributed by atoms with Crippen molar-refractivity contribution in [3.63, 3.8) is 0 Å². The molecule has 0 saturated carbocycles. The van der Waals surface area contributed by atoms with Crippen LogP contribution in [0, 0.1) is 0 Å². The molecule has 8 heteroatoms. The molecule has 0 unspecified atom stereocenters. The molecular formula is C9H17N3O5. The molecule has 0 bridgehead atoms. The van der Waals surface area contributed by atoms with Crippen molar-refractivity contribution in [1.82, 2.24) is 10.2 Å². The molecule has 17 heavy (non-hydrogen) atoms. The fraction of sp³-hybridized carbons (Fsp3) is 0.667. The number of hydrogen-bond acceptors (Lipinski definition) is 4. The minimum atomic E-state index is -1.41. The summed E-state index contributed by atoms with van der Waals surface area (Å²) < 4.78 is 0. The quantitative estimate of drug-likeness (QED) is 0.445. The van der Waals surface area contributed by atoms with Crippen LogP contribution in [0.2, 0.25) is 0 Å². The van der Waals surface area contributed by atoms with E-state index in [1.165, 1.54) is 0 Å². The number of urea groups is 1. The average Bonchev–Trinajstić information content (AvgIpc) is 2.20. The van der Waals surface area contributed by atoms with Crippen LogP contribution in [0.1, 0.15) is 13.8 Å². The molecule has 0 heterocycles. The molecule has 1 atom stereocenters. The topological polar surface area (TPSA) is 133 Å². The van der Waals surface area contributed by atoms with E-state index in [4.69, 9.17) is 15.9 Å². The number of primary amides is 1. The first-order chi connectivity index (χ1) is 7.79. The largest absolute Gasteiger partial charge is 0.480 e. The fourth-order valence-corrected chi connectivity index (χ4v) is 1.07. The summed E-state index contributed by atoms with van der Waals surface area (Å²) in [5, 5.41) is 19.5. The highest BCUT2D eigenvalue weighted by molar-refractivity contribution is 5.86. The van der Waals surface area contributed by atoms with Crippen LogP contribution in [-0.4, -0.2) is 58.3 Å². The molecule has 3 amide bonds. The number of carbonyl (C=O) groups excluding carboxylic acids is 2. The molecular weight excluding hydrogens is 230 g/mol. The summed E-state index contributed by atoms with van der Waals surface area (Å²) in [6, 6.07) is -2.49. The van der Waals surface area contributed by atoms with Gasteiger partial charge in [0, 0.05) is 6.04 Å². The summed E-state index contributed by atoms with van der Waals surface area (Å²) >= 11 is 0. The molecule has 0 aliphatic rings. The van der Waals surface area contributed by atoms with Crippen molar-refractivity contribution in [2.75, 3.05) is 13.2 Å². The first kappa shape index (κ1) is 15.2. The van der Waals surface area contributed by atoms with Crippen LogP contribution >= 0.6 is 0 Å². The maximum absolute atomic E-state index is 11.6. The molecule has 0 aliphatic heterocycles. The summed E-state index contributed by atoms with van der Waals surface area (Å²) in [6.07, 6.45) is 0. The lowest BCUT2D eigenvalue weighted by atomic mass is 10.3. The SMILES string of the molecule is CC(C)N(CC(N)=O)C(=O)N[C@@H](CO)C(=O)O. The van der Waals surface area contributed by atoms with Gasteiger partial charge in [-0.1, -0.05) is 0 Å². The Morgan fingerprint density at radius 3 is 2.18 bits per heavy atom. The Kier molecular flexibility index (Phi) is 5.97. The van der Waals surface area contributed by atoms with Gasteiger partial charge in [-0.15, -0.1) is 0 Å². The van der Waals surface area contributed by atoms with E-state index in [1.54, 1.807) is 13.8 Å². The number of nitrogens with two attached hydrogens (primary N) is 1. The van der Waals surface area contributed by atoms with E-state index >= 15 is 0 Å². The highest BCUT2D eigenvalue weighted by Gasteiger charge is 2.24. The van der Waals surface area contributed by atoms with E-state index < -0.39 is 30.6 Å². The number of carbonyl (C=O) groups is 3. The molecule has 0 saturated heterocycles. The van der Waals surface area contributed by atoms with Gasteiger partial charge in [-0.2, -0.15) is 0 Å². The average molecular weight is 247 g/mol. The lowest BCUT2D eigenvalue weighted by molar-refractivity contribution is -0.140. The molecule has 5 N–H and O–H groups in total. The van der Waals surface area contributed by atoms with Gasteiger partial charge in [0.15, 0.2) is 6.04 Å². The zero-order valence-corrected chi connectivity index (χ0v) is 9.71. The monoisotopic (exact) mass is 247 g/mol. The molecule has 8 nitrogen and oxygen atoms in total. The van der Waals surface area contributed by atoms with Gasteiger partial charge >= 0.3 is 12.0 Å². The summed E-state index contributed by atoms with van der Waals surface area (Å²) in [6.45, 7) is 2.25. The Hall–Kier alpha value is -1.83. The van der Waals surface area contributed by atoms with Crippen LogP contribution in [0.25, 0.3) is 0 Å². The van der Waals surface area contributed by atoms with Gasteiger partial charge in [0.2, 0.25) is 5.91 Å². The van der Waals surface area contributed by atoms with E-state index in [0.29, 0.717) is 0 Å². The first-order valence-corrected chi connectivity index (χ1v) is 4.98. The Morgan fingerprint density at radius 1 is 1.35 bits per heavy atom. The maximum Gasteiger partial charge on any atom is 0.328 e. The van der Waals surface area contributed by atoms with Gasteiger partial charge in [0.25, 0.3) is 0 Å². The van der Waals surface area contributed by atoms with Crippen LogP contribution in [0.15, 0.2) is 0 Å². The van der Waals surface area contributed by atoms with Crippen molar-refractivity contribution in [3.8, 4) is 0 Å². The van der Waals surface area contributed by atoms with E-state index in [1.807, 2.05) is 0 Å². The van der Waals surface area contributed by atoms with E-state index in [2.05, 4.69) is 5.32 Å². The summed E-state index contributed by atoms with van der Waals surface area (Å²) in [7, 11) is 0. The Bertz CT molecular complexity index is 305. The fourth-order valence-electron chi connectivity index (χ4n) is 1.07. The maximum atomic E-state index is 11.6. The van der Waals surface area contributed by atoms with Crippen LogP contribution in [0.5, 0.6) is 0 Å². The number of aliphatic hydroxyl groups excluding tert-OH is 1. The third-order valence-electron chi connectivity index (χ3n) is 1.99. The van der Waals surface area contributed by atoms with E-state index in [9.17, 15) is 14.4 Å². The minimum Gasteiger partial charge on any atom is -0.480 e. The highest BCUT2D eigenvalue weighted by Crippen LogP contribution is 1.99. The number of hydrogen-bond donors (Lipinski definition) is 4. The van der Waals surface area contributed by atoms with Crippen LogP contribution in [0.4, 0.5) is 4.79 Å². The first-order valence-electron chi connectivity index (χ1n) is 4.98. The third kappa shape index (κ3) is 5.16.